The average molecular weight is 138 g/mol. The minimum absolute atomic E-state index is 0.907. The van der Waals surface area contributed by atoms with Gasteiger partial charge >= 0.3 is 0 Å². The van der Waals surface area contributed by atoms with Gasteiger partial charge in [0.1, 0.15) is 0 Å². The molecule has 0 amide bonds. The van der Waals surface area contributed by atoms with E-state index in [2.05, 4.69) is 20.4 Å². The molecule has 1 rings (SSSR count). The van der Waals surface area contributed by atoms with E-state index in [4.69, 9.17) is 0 Å². The van der Waals surface area contributed by atoms with Crippen molar-refractivity contribution in [1.29, 1.82) is 0 Å². The van der Waals surface area contributed by atoms with Gasteiger partial charge in [0, 0.05) is 0 Å². The maximum Gasteiger partial charge on any atom is -0.0137 e. The fourth-order valence-corrected chi connectivity index (χ4v) is 1.84. The fraction of sp³-hybridized carbons (Fsp3) is 0.800. The van der Waals surface area contributed by atoms with Crippen molar-refractivity contribution in [2.75, 3.05) is 0 Å². The van der Waals surface area contributed by atoms with Gasteiger partial charge in [-0.15, -0.1) is 0 Å². The first-order valence-electron chi connectivity index (χ1n) is 4.49. The monoisotopic (exact) mass is 138 g/mol. The summed E-state index contributed by atoms with van der Waals surface area (Å²) in [5.74, 6) is 1.81. The molecule has 10 heavy (non-hydrogen) atoms. The summed E-state index contributed by atoms with van der Waals surface area (Å²) in [5.41, 5.74) is 1.53. The van der Waals surface area contributed by atoms with Crippen molar-refractivity contribution in [2.45, 2.75) is 39.5 Å². The van der Waals surface area contributed by atoms with Crippen molar-refractivity contribution < 1.29 is 0 Å². The van der Waals surface area contributed by atoms with Crippen molar-refractivity contribution in [3.63, 3.8) is 0 Å². The Hall–Kier alpha value is -0.260. The molecule has 1 aliphatic carbocycles. The van der Waals surface area contributed by atoms with E-state index in [0.717, 1.165) is 11.8 Å². The molecule has 0 aromatic carbocycles. The maximum atomic E-state index is 4.07. The Labute approximate surface area is 64.3 Å². The normalized spacial score (nSPS) is 30.8. The molecule has 0 heterocycles. The molecule has 0 saturated heterocycles. The first-order chi connectivity index (χ1) is 4.81. The quantitative estimate of drug-likeness (QED) is 0.522. The van der Waals surface area contributed by atoms with Crippen LogP contribution in [-0.2, 0) is 0 Å². The van der Waals surface area contributed by atoms with Crippen LogP contribution in [0.2, 0.25) is 0 Å². The zero-order chi connectivity index (χ0) is 7.56. The van der Waals surface area contributed by atoms with E-state index < -0.39 is 0 Å². The topological polar surface area (TPSA) is 0 Å². The van der Waals surface area contributed by atoms with Crippen molar-refractivity contribution in [1.82, 2.24) is 0 Å². The number of hydrogen-bond donors (Lipinski definition) is 0. The van der Waals surface area contributed by atoms with Gasteiger partial charge in [-0.05, 0) is 24.7 Å². The van der Waals surface area contributed by atoms with Gasteiger partial charge in [-0.25, -0.2) is 0 Å². The average Bonchev–Trinajstić information content (AvgIpc) is 2.48. The van der Waals surface area contributed by atoms with Gasteiger partial charge in [0.05, 0.1) is 0 Å². The molecule has 0 heteroatoms. The Morgan fingerprint density at radius 2 is 1.50 bits per heavy atom. The lowest BCUT2D eigenvalue weighted by atomic mass is 10.1. The highest BCUT2D eigenvalue weighted by atomic mass is 14.4. The Morgan fingerprint density at radius 1 is 1.10 bits per heavy atom. The molecule has 0 aromatic heterocycles. The summed E-state index contributed by atoms with van der Waals surface area (Å²) < 4.78 is 0. The van der Waals surface area contributed by atoms with Crippen molar-refractivity contribution in [3.05, 3.63) is 12.2 Å². The summed E-state index contributed by atoms with van der Waals surface area (Å²) in [7, 11) is 0. The van der Waals surface area contributed by atoms with Gasteiger partial charge in [-0.2, -0.15) is 0 Å². The number of allylic oxidation sites excluding steroid dienone is 1. The van der Waals surface area contributed by atoms with Crippen molar-refractivity contribution in [3.8, 4) is 0 Å². The van der Waals surface area contributed by atoms with Gasteiger partial charge in [-0.1, -0.05) is 38.8 Å². The first kappa shape index (κ1) is 7.84. The minimum atomic E-state index is 0.907. The molecular weight excluding hydrogens is 120 g/mol. The van der Waals surface area contributed by atoms with Gasteiger partial charge in [0.15, 0.2) is 0 Å². The van der Waals surface area contributed by atoms with E-state index in [1.54, 1.807) is 0 Å². The van der Waals surface area contributed by atoms with E-state index in [1.807, 2.05) is 0 Å². The van der Waals surface area contributed by atoms with Gasteiger partial charge < -0.3 is 0 Å². The van der Waals surface area contributed by atoms with E-state index in [0.29, 0.717) is 0 Å². The molecule has 0 spiro atoms. The standard InChI is InChI=1S/C10H18/c1-4-6-9-8(3)10(9)7-5-2/h9-10H,3-7H2,1-2H3/t9-,10+. The third kappa shape index (κ3) is 1.42. The molecule has 0 aliphatic heterocycles. The van der Waals surface area contributed by atoms with Crippen LogP contribution in [-0.4, -0.2) is 0 Å². The highest BCUT2D eigenvalue weighted by Gasteiger charge is 2.39. The molecule has 0 aromatic rings. The molecule has 58 valence electrons. The molecule has 0 bridgehead atoms. The van der Waals surface area contributed by atoms with Crippen LogP contribution in [0.3, 0.4) is 0 Å². The summed E-state index contributed by atoms with van der Waals surface area (Å²) in [6.45, 7) is 8.58. The molecule has 0 N–H and O–H groups in total. The highest BCUT2D eigenvalue weighted by Crippen LogP contribution is 2.49. The third-order valence-electron chi connectivity index (χ3n) is 2.53. The van der Waals surface area contributed by atoms with Crippen molar-refractivity contribution >= 4 is 0 Å². The van der Waals surface area contributed by atoms with Crippen LogP contribution in [0.4, 0.5) is 0 Å². The van der Waals surface area contributed by atoms with E-state index in [9.17, 15) is 0 Å². The summed E-state index contributed by atoms with van der Waals surface area (Å²) in [5, 5.41) is 0. The van der Waals surface area contributed by atoms with Crippen LogP contribution in [0.5, 0.6) is 0 Å². The molecule has 0 nitrogen and oxygen atoms in total. The molecule has 0 unspecified atom stereocenters. The Kier molecular flexibility index (Phi) is 2.53. The number of rotatable bonds is 4. The van der Waals surface area contributed by atoms with Crippen LogP contribution in [0.15, 0.2) is 12.2 Å². The van der Waals surface area contributed by atoms with Gasteiger partial charge in [-0.3, -0.25) is 0 Å². The number of hydrogen-bond acceptors (Lipinski definition) is 0. The lowest BCUT2D eigenvalue weighted by Crippen LogP contribution is -1.80. The van der Waals surface area contributed by atoms with Crippen LogP contribution in [0.1, 0.15) is 39.5 Å². The summed E-state index contributed by atoms with van der Waals surface area (Å²) in [4.78, 5) is 0. The second kappa shape index (κ2) is 3.23. The predicted octanol–water partition coefficient (Wildman–Crippen LogP) is 3.39. The SMILES string of the molecule is C=C1[C@@H](CCC)[C@H]1CCC. The third-order valence-corrected chi connectivity index (χ3v) is 2.53. The van der Waals surface area contributed by atoms with Crippen LogP contribution >= 0.6 is 0 Å². The summed E-state index contributed by atoms with van der Waals surface area (Å²) >= 11 is 0. The second-order valence-corrected chi connectivity index (χ2v) is 3.37. The van der Waals surface area contributed by atoms with Crippen LogP contribution in [0, 0.1) is 11.8 Å². The Balaban J connectivity index is 2.20. The fourth-order valence-electron chi connectivity index (χ4n) is 1.84. The lowest BCUT2D eigenvalue weighted by molar-refractivity contribution is 0.593. The summed E-state index contributed by atoms with van der Waals surface area (Å²) in [6, 6.07) is 0. The molecule has 1 aliphatic rings. The Morgan fingerprint density at radius 3 is 1.80 bits per heavy atom. The Bertz CT molecular complexity index is 110. The molecular formula is C10H18. The zero-order valence-electron chi connectivity index (χ0n) is 7.19. The minimum Gasteiger partial charge on any atom is -0.0993 e. The lowest BCUT2D eigenvalue weighted by Gasteiger charge is -1.91. The zero-order valence-corrected chi connectivity index (χ0v) is 7.19. The predicted molar refractivity (Wildman–Crippen MR) is 45.9 cm³/mol. The largest absolute Gasteiger partial charge is 0.0993 e. The molecule has 1 saturated carbocycles. The van der Waals surface area contributed by atoms with Crippen LogP contribution < -0.4 is 0 Å². The smallest absolute Gasteiger partial charge is 0.0137 e. The molecule has 1 fully saturated rings. The highest BCUT2D eigenvalue weighted by molar-refractivity contribution is 5.25. The van der Waals surface area contributed by atoms with Gasteiger partial charge in [0.25, 0.3) is 0 Å². The second-order valence-electron chi connectivity index (χ2n) is 3.37. The van der Waals surface area contributed by atoms with E-state index in [1.165, 1.54) is 31.3 Å². The summed E-state index contributed by atoms with van der Waals surface area (Å²) in [6.07, 6.45) is 5.40. The van der Waals surface area contributed by atoms with E-state index in [-0.39, 0.29) is 0 Å². The maximum absolute atomic E-state index is 4.07. The molecule has 0 radical (unpaired) electrons. The van der Waals surface area contributed by atoms with Crippen LogP contribution in [0.25, 0.3) is 0 Å². The van der Waals surface area contributed by atoms with Gasteiger partial charge in [0.2, 0.25) is 0 Å². The first-order valence-corrected chi connectivity index (χ1v) is 4.49. The molecule has 2 atom stereocenters. The van der Waals surface area contributed by atoms with E-state index >= 15 is 0 Å². The van der Waals surface area contributed by atoms with Crippen molar-refractivity contribution in [2.24, 2.45) is 11.8 Å².